The lowest BCUT2D eigenvalue weighted by molar-refractivity contribution is 0.284. The summed E-state index contributed by atoms with van der Waals surface area (Å²) in [5, 5.41) is 4.81. The van der Waals surface area contributed by atoms with E-state index in [-0.39, 0.29) is 5.82 Å². The summed E-state index contributed by atoms with van der Waals surface area (Å²) in [5.74, 6) is -0.222. The van der Waals surface area contributed by atoms with Crippen LogP contribution >= 0.6 is 11.3 Å². The first kappa shape index (κ1) is 12.2. The minimum Gasteiger partial charge on any atom is -0.250 e. The van der Waals surface area contributed by atoms with Gasteiger partial charge in [0.25, 0.3) is 0 Å². The Kier molecular flexibility index (Phi) is 3.83. The lowest BCUT2D eigenvalue weighted by atomic mass is 10.2. The van der Waals surface area contributed by atoms with Crippen LogP contribution in [0.15, 0.2) is 29.6 Å². The smallest absolute Gasteiger partial charge is 0.123 e. The molecule has 0 fully saturated rings. The van der Waals surface area contributed by atoms with E-state index in [1.807, 2.05) is 24.5 Å². The highest BCUT2D eigenvalue weighted by Gasteiger charge is 2.04. The van der Waals surface area contributed by atoms with Crippen molar-refractivity contribution in [3.05, 3.63) is 41.2 Å². The van der Waals surface area contributed by atoms with Crippen molar-refractivity contribution in [3.63, 3.8) is 0 Å². The third-order valence-corrected chi connectivity index (χ3v) is 3.16. The summed E-state index contributed by atoms with van der Waals surface area (Å²) >= 11 is 1.57. The highest BCUT2D eigenvalue weighted by atomic mass is 32.1. The van der Waals surface area contributed by atoms with Gasteiger partial charge < -0.3 is 0 Å². The Balaban J connectivity index is 2.10. The Morgan fingerprint density at radius 3 is 2.65 bits per heavy atom. The van der Waals surface area contributed by atoms with E-state index >= 15 is 0 Å². The van der Waals surface area contributed by atoms with Gasteiger partial charge in [-0.25, -0.2) is 14.8 Å². The minimum atomic E-state index is -0.222. The third kappa shape index (κ3) is 3.33. The molecule has 0 atom stereocenters. The normalized spacial score (nSPS) is 11.1. The molecule has 1 aromatic carbocycles. The van der Waals surface area contributed by atoms with Gasteiger partial charge in [0.05, 0.1) is 12.2 Å². The summed E-state index contributed by atoms with van der Waals surface area (Å²) in [6, 6.07) is 6.40. The van der Waals surface area contributed by atoms with Gasteiger partial charge in [-0.2, -0.15) is 0 Å². The molecule has 0 spiro atoms. The van der Waals surface area contributed by atoms with Crippen molar-refractivity contribution in [2.45, 2.75) is 6.54 Å². The van der Waals surface area contributed by atoms with Gasteiger partial charge in [0.15, 0.2) is 0 Å². The molecule has 2 rings (SSSR count). The molecule has 0 aliphatic heterocycles. The zero-order valence-electron chi connectivity index (χ0n) is 9.77. The van der Waals surface area contributed by atoms with E-state index in [9.17, 15) is 4.39 Å². The van der Waals surface area contributed by atoms with E-state index < -0.39 is 0 Å². The van der Waals surface area contributed by atoms with Crippen molar-refractivity contribution >= 4 is 11.3 Å². The van der Waals surface area contributed by atoms with E-state index in [4.69, 9.17) is 0 Å². The Bertz CT molecular complexity index is 479. The van der Waals surface area contributed by atoms with Crippen molar-refractivity contribution in [2.75, 3.05) is 14.1 Å². The van der Waals surface area contributed by atoms with Gasteiger partial charge in [-0.3, -0.25) is 5.01 Å². The number of aromatic nitrogens is 1. The monoisotopic (exact) mass is 251 g/mol. The Morgan fingerprint density at radius 2 is 2.00 bits per heavy atom. The van der Waals surface area contributed by atoms with E-state index in [1.54, 1.807) is 23.5 Å². The molecule has 0 radical (unpaired) electrons. The van der Waals surface area contributed by atoms with Crippen LogP contribution in [0.5, 0.6) is 0 Å². The van der Waals surface area contributed by atoms with Gasteiger partial charge in [-0.05, 0) is 24.3 Å². The van der Waals surface area contributed by atoms with E-state index in [0.29, 0.717) is 6.54 Å². The number of nitrogens with zero attached hydrogens (tertiary/aromatic N) is 2. The van der Waals surface area contributed by atoms with E-state index in [0.717, 1.165) is 16.3 Å². The number of halogens is 1. The second-order valence-corrected chi connectivity index (χ2v) is 4.74. The van der Waals surface area contributed by atoms with Gasteiger partial charge in [0.1, 0.15) is 10.8 Å². The molecule has 0 saturated carbocycles. The maximum atomic E-state index is 12.8. The van der Waals surface area contributed by atoms with E-state index in [1.165, 1.54) is 12.1 Å². The molecule has 5 heteroatoms. The summed E-state index contributed by atoms with van der Waals surface area (Å²) in [7, 11) is 3.88. The van der Waals surface area contributed by atoms with Crippen molar-refractivity contribution in [1.29, 1.82) is 0 Å². The second kappa shape index (κ2) is 5.35. The molecule has 90 valence electrons. The second-order valence-electron chi connectivity index (χ2n) is 3.88. The third-order valence-electron chi connectivity index (χ3n) is 2.22. The molecule has 0 unspecified atom stereocenters. The summed E-state index contributed by atoms with van der Waals surface area (Å²) in [5.41, 5.74) is 5.09. The quantitative estimate of drug-likeness (QED) is 0.846. The SMILES string of the molecule is CN(C)NCc1csc(-c2ccc(F)cc2)n1. The first-order valence-corrected chi connectivity index (χ1v) is 6.14. The molecule has 1 heterocycles. The molecule has 1 N–H and O–H groups in total. The number of hydrogen-bond acceptors (Lipinski definition) is 4. The molecule has 3 nitrogen and oxygen atoms in total. The van der Waals surface area contributed by atoms with Crippen molar-refractivity contribution in [1.82, 2.24) is 15.4 Å². The molecule has 1 aromatic heterocycles. The van der Waals surface area contributed by atoms with Crippen LogP contribution in [0.4, 0.5) is 4.39 Å². The zero-order valence-corrected chi connectivity index (χ0v) is 10.6. The minimum absolute atomic E-state index is 0.222. The highest BCUT2D eigenvalue weighted by Crippen LogP contribution is 2.23. The maximum Gasteiger partial charge on any atom is 0.123 e. The van der Waals surface area contributed by atoms with Crippen LogP contribution < -0.4 is 5.43 Å². The van der Waals surface area contributed by atoms with Crippen LogP contribution in [-0.2, 0) is 6.54 Å². The molecule has 0 saturated heterocycles. The largest absolute Gasteiger partial charge is 0.250 e. The summed E-state index contributed by atoms with van der Waals surface area (Å²) in [6.07, 6.45) is 0. The molecule has 0 aliphatic carbocycles. The fourth-order valence-electron chi connectivity index (χ4n) is 1.35. The number of hydrazine groups is 1. The molecule has 2 aromatic rings. The Labute approximate surface area is 104 Å². The maximum absolute atomic E-state index is 12.8. The standard InChI is InChI=1S/C12H14FN3S/c1-16(2)14-7-11-8-17-12(15-11)9-3-5-10(13)6-4-9/h3-6,8,14H,7H2,1-2H3. The predicted octanol–water partition coefficient (Wildman–Crippen LogP) is 2.52. The lowest BCUT2D eigenvalue weighted by Crippen LogP contribution is -2.29. The van der Waals surface area contributed by atoms with Crippen LogP contribution in [0, 0.1) is 5.82 Å². The van der Waals surface area contributed by atoms with Crippen molar-refractivity contribution in [2.24, 2.45) is 0 Å². The Hall–Kier alpha value is -1.30. The lowest BCUT2D eigenvalue weighted by Gasteiger charge is -2.09. The average Bonchev–Trinajstić information content (AvgIpc) is 2.76. The molecular formula is C12H14FN3S. The van der Waals surface area contributed by atoms with Crippen LogP contribution in [0.25, 0.3) is 10.6 Å². The first-order valence-electron chi connectivity index (χ1n) is 5.26. The summed E-state index contributed by atoms with van der Waals surface area (Å²) < 4.78 is 12.8. The van der Waals surface area contributed by atoms with E-state index in [2.05, 4.69) is 10.4 Å². The first-order chi connectivity index (χ1) is 8.15. The summed E-state index contributed by atoms with van der Waals surface area (Å²) in [6.45, 7) is 0.699. The van der Waals surface area contributed by atoms with Gasteiger partial charge in [0.2, 0.25) is 0 Å². The average molecular weight is 251 g/mol. The van der Waals surface area contributed by atoms with Crippen molar-refractivity contribution < 1.29 is 4.39 Å². The molecular weight excluding hydrogens is 237 g/mol. The van der Waals surface area contributed by atoms with Gasteiger partial charge in [-0.15, -0.1) is 11.3 Å². The number of nitrogens with one attached hydrogen (secondary N) is 1. The fraction of sp³-hybridized carbons (Fsp3) is 0.250. The summed E-state index contributed by atoms with van der Waals surface area (Å²) in [4.78, 5) is 4.49. The fourth-order valence-corrected chi connectivity index (χ4v) is 2.18. The van der Waals surface area contributed by atoms with Gasteiger partial charge in [0, 0.05) is 25.0 Å². The molecule has 0 bridgehead atoms. The highest BCUT2D eigenvalue weighted by molar-refractivity contribution is 7.13. The van der Waals surface area contributed by atoms with Crippen LogP contribution in [-0.4, -0.2) is 24.1 Å². The van der Waals surface area contributed by atoms with Gasteiger partial charge >= 0.3 is 0 Å². The van der Waals surface area contributed by atoms with Crippen LogP contribution in [0.2, 0.25) is 0 Å². The molecule has 0 amide bonds. The predicted molar refractivity (Wildman–Crippen MR) is 68.0 cm³/mol. The number of thiazole rings is 1. The molecule has 0 aliphatic rings. The van der Waals surface area contributed by atoms with Crippen molar-refractivity contribution in [3.8, 4) is 10.6 Å². The van der Waals surface area contributed by atoms with Gasteiger partial charge in [-0.1, -0.05) is 0 Å². The van der Waals surface area contributed by atoms with Crippen LogP contribution in [0.1, 0.15) is 5.69 Å². The molecule has 17 heavy (non-hydrogen) atoms. The Morgan fingerprint density at radius 1 is 1.29 bits per heavy atom. The zero-order chi connectivity index (χ0) is 12.3. The topological polar surface area (TPSA) is 28.2 Å². The number of hydrogen-bond donors (Lipinski definition) is 1. The van der Waals surface area contributed by atoms with Crippen LogP contribution in [0.3, 0.4) is 0 Å². The number of benzene rings is 1. The number of rotatable bonds is 4.